The van der Waals surface area contributed by atoms with Gasteiger partial charge in [0.25, 0.3) is 0 Å². The van der Waals surface area contributed by atoms with E-state index < -0.39 is 10.0 Å². The molecule has 2 rings (SSSR count). The van der Waals surface area contributed by atoms with Crippen molar-refractivity contribution in [2.24, 2.45) is 7.05 Å². The second kappa shape index (κ2) is 5.74. The van der Waals surface area contributed by atoms with Crippen molar-refractivity contribution in [1.29, 1.82) is 0 Å². The predicted molar refractivity (Wildman–Crippen MR) is 74.3 cm³/mol. The summed E-state index contributed by atoms with van der Waals surface area (Å²) in [6.07, 6.45) is 1.75. The second-order valence-corrected chi connectivity index (χ2v) is 6.24. The van der Waals surface area contributed by atoms with Gasteiger partial charge in [0.05, 0.1) is 23.7 Å². The molecule has 1 heterocycles. The monoisotopic (exact) mass is 295 g/mol. The first-order valence-electron chi connectivity index (χ1n) is 6.11. The van der Waals surface area contributed by atoms with E-state index in [4.69, 9.17) is 0 Å². The highest BCUT2D eigenvalue weighted by Gasteiger charge is 2.18. The maximum Gasteiger partial charge on any atom is 0.241 e. The Morgan fingerprint density at radius 2 is 2.10 bits per heavy atom. The molecule has 0 saturated heterocycles. The van der Waals surface area contributed by atoms with Gasteiger partial charge in [0.15, 0.2) is 0 Å². The maximum atomic E-state index is 12.3. The first-order valence-corrected chi connectivity index (χ1v) is 7.60. The molecule has 20 heavy (non-hydrogen) atoms. The van der Waals surface area contributed by atoms with E-state index in [-0.39, 0.29) is 18.0 Å². The van der Waals surface area contributed by atoms with Crippen molar-refractivity contribution in [1.82, 2.24) is 14.5 Å². The van der Waals surface area contributed by atoms with Gasteiger partial charge in [0.1, 0.15) is 0 Å². The number of nitrogens with one attached hydrogen (secondary N) is 1. The molecule has 0 spiro atoms. The van der Waals surface area contributed by atoms with Crippen LogP contribution in [0.2, 0.25) is 0 Å². The molecule has 6 nitrogen and oxygen atoms in total. The summed E-state index contributed by atoms with van der Waals surface area (Å²) in [5.74, 6) is 0. The van der Waals surface area contributed by atoms with Gasteiger partial charge < -0.3 is 5.11 Å². The number of aromatic nitrogens is 2. The van der Waals surface area contributed by atoms with Crippen molar-refractivity contribution >= 4 is 10.0 Å². The average Bonchev–Trinajstić information content (AvgIpc) is 2.82. The van der Waals surface area contributed by atoms with E-state index in [9.17, 15) is 13.5 Å². The smallest absolute Gasteiger partial charge is 0.241 e. The van der Waals surface area contributed by atoms with E-state index in [0.717, 1.165) is 0 Å². The Morgan fingerprint density at radius 3 is 2.70 bits per heavy atom. The van der Waals surface area contributed by atoms with Crippen molar-refractivity contribution in [3.05, 3.63) is 47.3 Å². The van der Waals surface area contributed by atoms with Gasteiger partial charge in [0.2, 0.25) is 10.0 Å². The lowest BCUT2D eigenvalue weighted by molar-refractivity contribution is 0.280. The number of sulfonamides is 1. The van der Waals surface area contributed by atoms with E-state index >= 15 is 0 Å². The number of nitrogens with zero attached hydrogens (tertiary/aromatic N) is 2. The molecular formula is C13H17N3O3S. The van der Waals surface area contributed by atoms with Crippen LogP contribution in [-0.2, 0) is 30.2 Å². The average molecular weight is 295 g/mol. The van der Waals surface area contributed by atoms with Gasteiger partial charge in [-0.05, 0) is 30.2 Å². The van der Waals surface area contributed by atoms with Gasteiger partial charge in [-0.15, -0.1) is 0 Å². The number of benzene rings is 1. The summed E-state index contributed by atoms with van der Waals surface area (Å²) in [6.45, 7) is 1.63. The van der Waals surface area contributed by atoms with Gasteiger partial charge in [-0.1, -0.05) is 12.1 Å². The van der Waals surface area contributed by atoms with Crippen LogP contribution in [0.15, 0.2) is 35.4 Å². The Bertz CT molecular complexity index is 707. The van der Waals surface area contributed by atoms with Crippen LogP contribution in [0.1, 0.15) is 16.8 Å². The molecule has 0 aliphatic heterocycles. The Kier molecular flexibility index (Phi) is 4.22. The number of aryl methyl sites for hydroxylation is 1. The van der Waals surface area contributed by atoms with E-state index in [1.54, 1.807) is 43.0 Å². The molecular weight excluding hydrogens is 278 g/mol. The molecule has 0 aliphatic carbocycles. The van der Waals surface area contributed by atoms with Crippen LogP contribution in [0.25, 0.3) is 0 Å². The van der Waals surface area contributed by atoms with Gasteiger partial charge in [-0.2, -0.15) is 5.10 Å². The fourth-order valence-electron chi connectivity index (χ4n) is 1.93. The van der Waals surface area contributed by atoms with Crippen molar-refractivity contribution in [2.75, 3.05) is 0 Å². The summed E-state index contributed by atoms with van der Waals surface area (Å²) < 4.78 is 28.7. The van der Waals surface area contributed by atoms with Crippen molar-refractivity contribution in [3.63, 3.8) is 0 Å². The quantitative estimate of drug-likeness (QED) is 0.850. The first kappa shape index (κ1) is 14.7. The molecule has 1 aromatic heterocycles. The molecule has 108 valence electrons. The fourth-order valence-corrected chi connectivity index (χ4v) is 3.21. The van der Waals surface area contributed by atoms with E-state index in [2.05, 4.69) is 9.82 Å². The third-order valence-corrected chi connectivity index (χ3v) is 4.61. The van der Waals surface area contributed by atoms with Gasteiger partial charge >= 0.3 is 0 Å². The fraction of sp³-hybridized carbons (Fsp3) is 0.308. The maximum absolute atomic E-state index is 12.3. The zero-order chi connectivity index (χ0) is 14.8. The Labute approximate surface area is 118 Å². The van der Waals surface area contributed by atoms with Crippen molar-refractivity contribution < 1.29 is 13.5 Å². The molecule has 0 aliphatic rings. The first-order chi connectivity index (χ1) is 9.44. The third kappa shape index (κ3) is 3.06. The lowest BCUT2D eigenvalue weighted by atomic mass is 10.1. The predicted octanol–water partition coefficient (Wildman–Crippen LogP) is 0.699. The zero-order valence-corrected chi connectivity index (χ0v) is 12.2. The highest BCUT2D eigenvalue weighted by Crippen LogP contribution is 2.19. The number of rotatable bonds is 5. The zero-order valence-electron chi connectivity index (χ0n) is 11.4. The van der Waals surface area contributed by atoms with Crippen LogP contribution < -0.4 is 4.72 Å². The minimum Gasteiger partial charge on any atom is -0.392 e. The number of aliphatic hydroxyl groups is 1. The van der Waals surface area contributed by atoms with Crippen LogP contribution >= 0.6 is 0 Å². The molecule has 0 radical (unpaired) electrons. The van der Waals surface area contributed by atoms with Crippen LogP contribution in [0.4, 0.5) is 0 Å². The molecule has 7 heteroatoms. The van der Waals surface area contributed by atoms with Gasteiger partial charge in [0, 0.05) is 13.2 Å². The molecule has 1 aromatic carbocycles. The molecule has 2 aromatic rings. The topological polar surface area (TPSA) is 84.2 Å². The SMILES string of the molecule is Cc1c(CO)cccc1S(=O)(=O)NCc1ccn(C)n1. The number of hydrogen-bond donors (Lipinski definition) is 2. The molecule has 0 amide bonds. The molecule has 0 atom stereocenters. The third-order valence-electron chi connectivity index (χ3n) is 3.07. The van der Waals surface area contributed by atoms with Crippen LogP contribution in [0, 0.1) is 6.92 Å². The normalized spacial score (nSPS) is 11.8. The van der Waals surface area contributed by atoms with E-state index in [1.165, 1.54) is 6.07 Å². The lowest BCUT2D eigenvalue weighted by Gasteiger charge is -2.11. The summed E-state index contributed by atoms with van der Waals surface area (Å²) in [7, 11) is -1.85. The van der Waals surface area contributed by atoms with Crippen LogP contribution in [0.3, 0.4) is 0 Å². The molecule has 0 unspecified atom stereocenters. The largest absolute Gasteiger partial charge is 0.392 e. The molecule has 0 fully saturated rings. The molecule has 0 bridgehead atoms. The highest BCUT2D eigenvalue weighted by atomic mass is 32.2. The summed E-state index contributed by atoms with van der Waals surface area (Å²) in [5, 5.41) is 13.3. The van der Waals surface area contributed by atoms with E-state index in [0.29, 0.717) is 16.8 Å². The minimum absolute atomic E-state index is 0.131. The van der Waals surface area contributed by atoms with Crippen LogP contribution in [0.5, 0.6) is 0 Å². The Balaban J connectivity index is 2.22. The number of hydrogen-bond acceptors (Lipinski definition) is 4. The summed E-state index contributed by atoms with van der Waals surface area (Å²) >= 11 is 0. The Hall–Kier alpha value is -1.70. The van der Waals surface area contributed by atoms with Gasteiger partial charge in [-0.3, -0.25) is 4.68 Å². The number of aliphatic hydroxyl groups excluding tert-OH is 1. The summed E-state index contributed by atoms with van der Waals surface area (Å²) in [5.41, 5.74) is 1.81. The van der Waals surface area contributed by atoms with Crippen molar-refractivity contribution in [3.8, 4) is 0 Å². The summed E-state index contributed by atoms with van der Waals surface area (Å²) in [4.78, 5) is 0.181. The lowest BCUT2D eigenvalue weighted by Crippen LogP contribution is -2.24. The minimum atomic E-state index is -3.62. The summed E-state index contributed by atoms with van der Waals surface area (Å²) in [6, 6.07) is 6.59. The van der Waals surface area contributed by atoms with Gasteiger partial charge in [-0.25, -0.2) is 13.1 Å². The van der Waals surface area contributed by atoms with E-state index in [1.807, 2.05) is 0 Å². The second-order valence-electron chi connectivity index (χ2n) is 4.50. The van der Waals surface area contributed by atoms with Crippen LogP contribution in [-0.4, -0.2) is 23.3 Å². The molecule has 0 saturated carbocycles. The Morgan fingerprint density at radius 1 is 1.35 bits per heavy atom. The standard InChI is InChI=1S/C13H17N3O3S/c1-10-11(9-17)4-3-5-13(10)20(18,19)14-8-12-6-7-16(2)15-12/h3-7,14,17H,8-9H2,1-2H3. The van der Waals surface area contributed by atoms with Crippen molar-refractivity contribution in [2.45, 2.75) is 25.0 Å². The highest BCUT2D eigenvalue weighted by molar-refractivity contribution is 7.89. The molecule has 2 N–H and O–H groups in total.